The number of Topliss-reactive ketones (excluding diaryl/α,β-unsaturated/α-hetero) is 1. The number of benzene rings is 2. The molecule has 0 aliphatic carbocycles. The molecular weight excluding hydrogens is 432 g/mol. The van der Waals surface area contributed by atoms with Crippen LogP contribution in [0.25, 0.3) is 5.76 Å². The zero-order valence-electron chi connectivity index (χ0n) is 19.1. The Morgan fingerprint density at radius 3 is 2.56 bits per heavy atom. The first-order chi connectivity index (χ1) is 16.5. The van der Waals surface area contributed by atoms with Gasteiger partial charge in [0.2, 0.25) is 0 Å². The zero-order chi connectivity index (χ0) is 24.1. The lowest BCUT2D eigenvalue weighted by atomic mass is 9.96. The van der Waals surface area contributed by atoms with E-state index in [0.29, 0.717) is 23.5 Å². The highest BCUT2D eigenvalue weighted by Gasteiger charge is 2.45. The first-order valence-electron chi connectivity index (χ1n) is 11.0. The van der Waals surface area contributed by atoms with E-state index in [-0.39, 0.29) is 24.5 Å². The van der Waals surface area contributed by atoms with Crippen molar-refractivity contribution >= 4 is 17.4 Å². The Morgan fingerprint density at radius 2 is 1.88 bits per heavy atom. The van der Waals surface area contributed by atoms with E-state index >= 15 is 0 Å². The summed E-state index contributed by atoms with van der Waals surface area (Å²) in [5.41, 5.74) is 3.30. The second kappa shape index (κ2) is 10.3. The maximum Gasteiger partial charge on any atom is 0.295 e. The first kappa shape index (κ1) is 23.2. The van der Waals surface area contributed by atoms with E-state index in [4.69, 9.17) is 9.47 Å². The molecule has 174 valence electrons. The summed E-state index contributed by atoms with van der Waals surface area (Å²) in [5, 5.41) is 11.1. The molecular formula is C27H26N2O5. The Hall–Kier alpha value is -3.97. The molecule has 1 atom stereocenters. The fourth-order valence-corrected chi connectivity index (χ4v) is 4.02. The maximum absolute atomic E-state index is 12.9. The van der Waals surface area contributed by atoms with Crippen molar-refractivity contribution in [1.29, 1.82) is 0 Å². The number of carbonyl (C=O) groups excluding carboxylic acids is 2. The van der Waals surface area contributed by atoms with Crippen LogP contribution in [0.2, 0.25) is 0 Å². The first-order valence-corrected chi connectivity index (χ1v) is 11.0. The van der Waals surface area contributed by atoms with E-state index in [1.165, 1.54) is 12.0 Å². The summed E-state index contributed by atoms with van der Waals surface area (Å²) in [6.07, 6.45) is 3.20. The number of aliphatic hydroxyl groups is 1. The van der Waals surface area contributed by atoms with Crippen LogP contribution in [0.4, 0.5) is 0 Å². The molecule has 0 unspecified atom stereocenters. The van der Waals surface area contributed by atoms with Crippen molar-refractivity contribution in [2.45, 2.75) is 19.6 Å². The van der Waals surface area contributed by atoms with Crippen molar-refractivity contribution in [3.8, 4) is 5.75 Å². The fourth-order valence-electron chi connectivity index (χ4n) is 4.02. The molecule has 0 bridgehead atoms. The molecule has 3 aromatic rings. The highest BCUT2D eigenvalue weighted by atomic mass is 16.5. The lowest BCUT2D eigenvalue weighted by molar-refractivity contribution is -0.140. The van der Waals surface area contributed by atoms with Gasteiger partial charge in [0.05, 0.1) is 18.2 Å². The van der Waals surface area contributed by atoms with Crippen LogP contribution in [0.1, 0.15) is 28.3 Å². The molecule has 1 amide bonds. The summed E-state index contributed by atoms with van der Waals surface area (Å²) >= 11 is 0. The second-order valence-electron chi connectivity index (χ2n) is 8.07. The van der Waals surface area contributed by atoms with Crippen molar-refractivity contribution in [3.05, 3.63) is 101 Å². The molecule has 1 aliphatic rings. The van der Waals surface area contributed by atoms with Gasteiger partial charge in [-0.05, 0) is 48.4 Å². The second-order valence-corrected chi connectivity index (χ2v) is 8.07. The summed E-state index contributed by atoms with van der Waals surface area (Å²) < 4.78 is 11.0. The van der Waals surface area contributed by atoms with Crippen LogP contribution >= 0.6 is 0 Å². The number of aromatic nitrogens is 1. The van der Waals surface area contributed by atoms with Gasteiger partial charge in [-0.1, -0.05) is 35.9 Å². The number of hydrogen-bond donors (Lipinski definition) is 1. The van der Waals surface area contributed by atoms with Gasteiger partial charge in [0.25, 0.3) is 11.7 Å². The SMILES string of the molecule is COCCN1C(=O)C(=O)/C(=C(/O)c2ccc(OCc3cccc(C)c3)cc2)[C@@H]1c1cccnc1. The van der Waals surface area contributed by atoms with Crippen LogP contribution in [0.3, 0.4) is 0 Å². The van der Waals surface area contributed by atoms with Crippen LogP contribution in [0.5, 0.6) is 5.75 Å². The Kier molecular flexibility index (Phi) is 7.04. The molecule has 34 heavy (non-hydrogen) atoms. The minimum Gasteiger partial charge on any atom is -0.507 e. The number of carbonyl (C=O) groups is 2. The number of ether oxygens (including phenoxy) is 2. The molecule has 4 rings (SSSR count). The van der Waals surface area contributed by atoms with E-state index in [9.17, 15) is 14.7 Å². The standard InChI is InChI=1S/C27H26N2O5/c1-18-5-3-6-19(15-18)17-34-22-10-8-20(9-11-22)25(30)23-24(21-7-4-12-28-16-21)29(13-14-33-2)27(32)26(23)31/h3-12,15-16,24,30H,13-14,17H2,1-2H3/b25-23+/t24-/m0/s1. The molecule has 1 aliphatic heterocycles. The van der Waals surface area contributed by atoms with Crippen LogP contribution in [-0.2, 0) is 20.9 Å². The molecule has 0 radical (unpaired) electrons. The third-order valence-electron chi connectivity index (χ3n) is 5.69. The van der Waals surface area contributed by atoms with Crippen molar-refractivity contribution in [1.82, 2.24) is 9.88 Å². The topological polar surface area (TPSA) is 89.0 Å². The van der Waals surface area contributed by atoms with E-state index in [1.54, 1.807) is 48.8 Å². The summed E-state index contributed by atoms with van der Waals surface area (Å²) in [6, 6.07) is 17.6. The molecule has 1 N–H and O–H groups in total. The van der Waals surface area contributed by atoms with Crippen molar-refractivity contribution in [2.24, 2.45) is 0 Å². The van der Waals surface area contributed by atoms with Gasteiger partial charge in [-0.15, -0.1) is 0 Å². The predicted molar refractivity (Wildman–Crippen MR) is 127 cm³/mol. The summed E-state index contributed by atoms with van der Waals surface area (Å²) in [4.78, 5) is 31.2. The number of likely N-dealkylation sites (tertiary alicyclic amines) is 1. The Labute approximate surface area is 198 Å². The lowest BCUT2D eigenvalue weighted by Crippen LogP contribution is -2.32. The number of nitrogens with zero attached hydrogens (tertiary/aromatic N) is 2. The Bertz CT molecular complexity index is 1210. The highest BCUT2D eigenvalue weighted by molar-refractivity contribution is 6.46. The average molecular weight is 459 g/mol. The van der Waals surface area contributed by atoms with Crippen molar-refractivity contribution in [2.75, 3.05) is 20.3 Å². The number of methoxy groups -OCH3 is 1. The van der Waals surface area contributed by atoms with Crippen LogP contribution in [0.15, 0.2) is 78.6 Å². The number of amides is 1. The molecule has 0 spiro atoms. The summed E-state index contributed by atoms with van der Waals surface area (Å²) in [6.45, 7) is 2.91. The molecule has 2 aromatic carbocycles. The Balaban J connectivity index is 1.62. The number of rotatable bonds is 8. The van der Waals surface area contributed by atoms with Crippen LogP contribution < -0.4 is 4.74 Å². The third-order valence-corrected chi connectivity index (χ3v) is 5.69. The molecule has 7 nitrogen and oxygen atoms in total. The van der Waals surface area contributed by atoms with Crippen molar-refractivity contribution < 1.29 is 24.2 Å². The minimum atomic E-state index is -0.749. The van der Waals surface area contributed by atoms with Gasteiger partial charge in [0.1, 0.15) is 18.1 Å². The molecule has 1 aromatic heterocycles. The lowest BCUT2D eigenvalue weighted by Gasteiger charge is -2.24. The number of aryl methyl sites for hydroxylation is 1. The largest absolute Gasteiger partial charge is 0.507 e. The normalized spacial score (nSPS) is 17.2. The van der Waals surface area contributed by atoms with Gasteiger partial charge in [0.15, 0.2) is 0 Å². The summed E-state index contributed by atoms with van der Waals surface area (Å²) in [7, 11) is 1.53. The zero-order valence-corrected chi connectivity index (χ0v) is 19.1. The van der Waals surface area contributed by atoms with Crippen molar-refractivity contribution in [3.63, 3.8) is 0 Å². The van der Waals surface area contributed by atoms with Crippen LogP contribution in [-0.4, -0.2) is 46.9 Å². The highest BCUT2D eigenvalue weighted by Crippen LogP contribution is 2.39. The molecule has 7 heteroatoms. The number of ketones is 1. The smallest absolute Gasteiger partial charge is 0.295 e. The van der Waals surface area contributed by atoms with E-state index in [2.05, 4.69) is 11.1 Å². The van der Waals surface area contributed by atoms with E-state index in [1.807, 2.05) is 25.1 Å². The van der Waals surface area contributed by atoms with Gasteiger partial charge >= 0.3 is 0 Å². The van der Waals surface area contributed by atoms with Gasteiger partial charge in [0, 0.05) is 31.6 Å². The van der Waals surface area contributed by atoms with Gasteiger partial charge in [-0.25, -0.2) is 0 Å². The summed E-state index contributed by atoms with van der Waals surface area (Å²) in [5.74, 6) is -1.02. The fraction of sp³-hybridized carbons (Fsp3) is 0.222. The number of pyridine rings is 1. The third kappa shape index (κ3) is 4.84. The number of aliphatic hydroxyl groups excluding tert-OH is 1. The molecule has 1 fully saturated rings. The monoisotopic (exact) mass is 458 g/mol. The molecule has 2 heterocycles. The quantitative estimate of drug-likeness (QED) is 0.311. The molecule has 1 saturated heterocycles. The minimum absolute atomic E-state index is 0.0301. The predicted octanol–water partition coefficient (Wildman–Crippen LogP) is 4.04. The molecule has 0 saturated carbocycles. The van der Waals surface area contributed by atoms with Gasteiger partial charge in [-0.3, -0.25) is 14.6 Å². The van der Waals surface area contributed by atoms with Gasteiger partial charge in [-0.2, -0.15) is 0 Å². The van der Waals surface area contributed by atoms with E-state index < -0.39 is 17.7 Å². The van der Waals surface area contributed by atoms with E-state index in [0.717, 1.165) is 11.1 Å². The maximum atomic E-state index is 12.9. The van der Waals surface area contributed by atoms with Crippen LogP contribution in [0, 0.1) is 6.92 Å². The number of hydrogen-bond acceptors (Lipinski definition) is 6. The Morgan fingerprint density at radius 1 is 1.09 bits per heavy atom. The average Bonchev–Trinajstić information content (AvgIpc) is 3.11. The van der Waals surface area contributed by atoms with Gasteiger partial charge < -0.3 is 19.5 Å².